The molecular formula is C12H15NO3. The third-order valence-electron chi connectivity index (χ3n) is 4.43. The smallest absolute Gasteiger partial charge is 0.236 e. The summed E-state index contributed by atoms with van der Waals surface area (Å²) in [5, 5.41) is 0. The summed E-state index contributed by atoms with van der Waals surface area (Å²) in [6.07, 6.45) is 5.84. The zero-order valence-corrected chi connectivity index (χ0v) is 9.47. The molecule has 86 valence electrons. The fourth-order valence-corrected chi connectivity index (χ4v) is 3.49. The molecule has 0 N–H and O–H groups in total. The number of hydrogen-bond acceptors (Lipinski definition) is 3. The number of ether oxygens (including phenoxy) is 1. The molecule has 0 aromatic heterocycles. The van der Waals surface area contributed by atoms with Crippen molar-refractivity contribution in [3.8, 4) is 0 Å². The van der Waals surface area contributed by atoms with E-state index in [2.05, 4.69) is 6.08 Å². The molecule has 1 saturated carbocycles. The van der Waals surface area contributed by atoms with Gasteiger partial charge >= 0.3 is 0 Å². The molecule has 0 spiro atoms. The van der Waals surface area contributed by atoms with Gasteiger partial charge in [-0.2, -0.15) is 0 Å². The van der Waals surface area contributed by atoms with Crippen LogP contribution in [-0.4, -0.2) is 36.5 Å². The molecule has 1 heterocycles. The molecule has 1 saturated heterocycles. The number of amides is 2. The Morgan fingerprint density at radius 3 is 2.75 bits per heavy atom. The van der Waals surface area contributed by atoms with Gasteiger partial charge in [-0.3, -0.25) is 14.5 Å². The molecule has 4 rings (SSSR count). The third kappa shape index (κ3) is 0.937. The van der Waals surface area contributed by atoms with Gasteiger partial charge in [-0.1, -0.05) is 12.2 Å². The largest absolute Gasteiger partial charge is 0.373 e. The summed E-state index contributed by atoms with van der Waals surface area (Å²) in [7, 11) is 3.20. The maximum atomic E-state index is 12.1. The predicted octanol–water partition coefficient (Wildman–Crippen LogP) is 0.582. The van der Waals surface area contributed by atoms with Gasteiger partial charge in [0, 0.05) is 14.2 Å². The van der Waals surface area contributed by atoms with E-state index >= 15 is 0 Å². The second kappa shape index (κ2) is 2.94. The van der Waals surface area contributed by atoms with Gasteiger partial charge in [-0.15, -0.1) is 0 Å². The van der Waals surface area contributed by atoms with E-state index in [-0.39, 0.29) is 29.6 Å². The highest BCUT2D eigenvalue weighted by Gasteiger charge is 2.62. The lowest BCUT2D eigenvalue weighted by Gasteiger charge is -2.46. The van der Waals surface area contributed by atoms with Crippen LogP contribution in [0.15, 0.2) is 12.2 Å². The first kappa shape index (κ1) is 10.0. The Morgan fingerprint density at radius 1 is 1.44 bits per heavy atom. The van der Waals surface area contributed by atoms with Crippen molar-refractivity contribution in [2.24, 2.45) is 17.8 Å². The summed E-state index contributed by atoms with van der Waals surface area (Å²) in [5.74, 6) is -0.366. The number of imide groups is 1. The van der Waals surface area contributed by atoms with Gasteiger partial charge < -0.3 is 4.74 Å². The number of carbonyl (C=O) groups is 2. The molecule has 4 aliphatic rings. The number of carbonyl (C=O) groups excluding carboxylic acids is 2. The van der Waals surface area contributed by atoms with Crippen molar-refractivity contribution in [1.29, 1.82) is 0 Å². The predicted molar refractivity (Wildman–Crippen MR) is 56.4 cm³/mol. The number of fused-ring (bicyclic) bond motifs is 1. The lowest BCUT2D eigenvalue weighted by molar-refractivity contribution is -0.143. The summed E-state index contributed by atoms with van der Waals surface area (Å²) >= 11 is 0. The Hall–Kier alpha value is -1.16. The number of rotatable bonds is 1. The van der Waals surface area contributed by atoms with Crippen LogP contribution in [0.4, 0.5) is 0 Å². The first-order valence-electron chi connectivity index (χ1n) is 5.66. The van der Waals surface area contributed by atoms with Crippen LogP contribution in [0.5, 0.6) is 0 Å². The minimum atomic E-state index is -0.531. The molecule has 4 atom stereocenters. The van der Waals surface area contributed by atoms with Gasteiger partial charge in [-0.25, -0.2) is 0 Å². The molecular weight excluding hydrogens is 206 g/mol. The summed E-state index contributed by atoms with van der Waals surface area (Å²) in [6.45, 7) is 0. The van der Waals surface area contributed by atoms with Gasteiger partial charge in [0.25, 0.3) is 0 Å². The molecule has 16 heavy (non-hydrogen) atoms. The third-order valence-corrected chi connectivity index (χ3v) is 4.43. The van der Waals surface area contributed by atoms with Crippen LogP contribution in [0.2, 0.25) is 0 Å². The van der Waals surface area contributed by atoms with Crippen LogP contribution in [0, 0.1) is 17.8 Å². The van der Waals surface area contributed by atoms with E-state index in [4.69, 9.17) is 4.74 Å². The van der Waals surface area contributed by atoms with Gasteiger partial charge in [0.2, 0.25) is 11.8 Å². The zero-order chi connectivity index (χ0) is 11.5. The van der Waals surface area contributed by atoms with Crippen LogP contribution >= 0.6 is 0 Å². The van der Waals surface area contributed by atoms with E-state index in [9.17, 15) is 9.59 Å². The van der Waals surface area contributed by atoms with Gasteiger partial charge in [0.15, 0.2) is 0 Å². The average molecular weight is 221 g/mol. The minimum absolute atomic E-state index is 0.0366. The quantitative estimate of drug-likeness (QED) is 0.480. The fraction of sp³-hybridized carbons (Fsp3) is 0.667. The Kier molecular flexibility index (Phi) is 1.84. The van der Waals surface area contributed by atoms with E-state index in [0.717, 1.165) is 12.8 Å². The first-order chi connectivity index (χ1) is 7.60. The number of hydrogen-bond donors (Lipinski definition) is 0. The summed E-state index contributed by atoms with van der Waals surface area (Å²) in [4.78, 5) is 25.4. The minimum Gasteiger partial charge on any atom is -0.373 e. The number of nitrogens with zero attached hydrogens (tertiary/aromatic N) is 1. The Labute approximate surface area is 94.2 Å². The van der Waals surface area contributed by atoms with E-state index in [1.54, 1.807) is 14.2 Å². The summed E-state index contributed by atoms with van der Waals surface area (Å²) in [6, 6.07) is 0. The standard InChI is InChI=1S/C12H15NO3/c1-13-10(14)8-7-3-5-12(16-2,6-4-7)9(8)11(13)15/h3,5,7-9H,4,6H2,1-2H3/t7-,8-,9+,12-/m1/s1. The number of methoxy groups -OCH3 is 1. The van der Waals surface area contributed by atoms with Crippen molar-refractivity contribution in [3.63, 3.8) is 0 Å². The van der Waals surface area contributed by atoms with Crippen molar-refractivity contribution < 1.29 is 14.3 Å². The van der Waals surface area contributed by atoms with Crippen LogP contribution in [0.3, 0.4) is 0 Å². The van der Waals surface area contributed by atoms with Gasteiger partial charge in [-0.05, 0) is 18.8 Å². The number of allylic oxidation sites excluding steroid dienone is 1. The van der Waals surface area contributed by atoms with Crippen LogP contribution in [-0.2, 0) is 14.3 Å². The average Bonchev–Trinajstić information content (AvgIpc) is 2.58. The molecule has 3 aliphatic carbocycles. The molecule has 2 amide bonds. The van der Waals surface area contributed by atoms with Crippen molar-refractivity contribution in [2.75, 3.05) is 14.2 Å². The Bertz CT molecular complexity index is 403. The van der Waals surface area contributed by atoms with Crippen molar-refractivity contribution >= 4 is 11.8 Å². The number of likely N-dealkylation sites (tertiary alicyclic amines) is 1. The Morgan fingerprint density at radius 2 is 2.19 bits per heavy atom. The molecule has 0 unspecified atom stereocenters. The van der Waals surface area contributed by atoms with Gasteiger partial charge in [0.05, 0.1) is 17.4 Å². The molecule has 0 radical (unpaired) electrons. The monoisotopic (exact) mass is 221 g/mol. The van der Waals surface area contributed by atoms with Gasteiger partial charge in [0.1, 0.15) is 0 Å². The lowest BCUT2D eigenvalue weighted by atomic mass is 9.60. The highest BCUT2D eigenvalue weighted by atomic mass is 16.5. The molecule has 2 bridgehead atoms. The van der Waals surface area contributed by atoms with Crippen molar-refractivity contribution in [1.82, 2.24) is 4.90 Å². The molecule has 4 heteroatoms. The normalized spacial score (nSPS) is 45.4. The van der Waals surface area contributed by atoms with E-state index in [1.165, 1.54) is 4.90 Å². The van der Waals surface area contributed by atoms with E-state index in [0.29, 0.717) is 0 Å². The summed E-state index contributed by atoms with van der Waals surface area (Å²) in [5.41, 5.74) is -0.531. The topological polar surface area (TPSA) is 46.6 Å². The lowest BCUT2D eigenvalue weighted by Crippen LogP contribution is -2.52. The van der Waals surface area contributed by atoms with Crippen molar-refractivity contribution in [2.45, 2.75) is 18.4 Å². The maximum absolute atomic E-state index is 12.1. The highest BCUT2D eigenvalue weighted by Crippen LogP contribution is 2.52. The maximum Gasteiger partial charge on any atom is 0.236 e. The highest BCUT2D eigenvalue weighted by molar-refractivity contribution is 6.06. The fourth-order valence-electron chi connectivity index (χ4n) is 3.49. The zero-order valence-electron chi connectivity index (χ0n) is 9.47. The van der Waals surface area contributed by atoms with E-state index in [1.807, 2.05) is 6.08 Å². The second-order valence-electron chi connectivity index (χ2n) is 4.96. The van der Waals surface area contributed by atoms with Crippen LogP contribution < -0.4 is 0 Å². The van der Waals surface area contributed by atoms with Crippen LogP contribution in [0.25, 0.3) is 0 Å². The summed E-state index contributed by atoms with van der Waals surface area (Å²) < 4.78 is 5.56. The molecule has 0 aromatic carbocycles. The second-order valence-corrected chi connectivity index (χ2v) is 4.96. The molecule has 1 aliphatic heterocycles. The van der Waals surface area contributed by atoms with E-state index < -0.39 is 5.60 Å². The Balaban J connectivity index is 2.12. The van der Waals surface area contributed by atoms with Crippen LogP contribution in [0.1, 0.15) is 12.8 Å². The SMILES string of the molecule is CO[C@]12C=C[C@H](CC1)[C@H]1C(=O)N(C)C(=O)[C@H]12. The molecule has 4 nitrogen and oxygen atoms in total. The first-order valence-corrected chi connectivity index (χ1v) is 5.66. The molecule has 0 aromatic rings. The molecule has 2 fully saturated rings. The van der Waals surface area contributed by atoms with Crippen molar-refractivity contribution in [3.05, 3.63) is 12.2 Å².